The van der Waals surface area contributed by atoms with E-state index in [0.717, 1.165) is 44.9 Å². The molecule has 3 heteroatoms. The molecule has 2 fully saturated rings. The highest BCUT2D eigenvalue weighted by molar-refractivity contribution is 5.76. The van der Waals surface area contributed by atoms with E-state index in [-0.39, 0.29) is 0 Å². The van der Waals surface area contributed by atoms with Crippen LogP contribution in [0.2, 0.25) is 0 Å². The summed E-state index contributed by atoms with van der Waals surface area (Å²) in [5.74, 6) is 1.11. The van der Waals surface area contributed by atoms with E-state index in [2.05, 4.69) is 10.2 Å². The summed E-state index contributed by atoms with van der Waals surface area (Å²) in [7, 11) is 0. The van der Waals surface area contributed by atoms with Gasteiger partial charge in [-0.1, -0.05) is 12.8 Å². The largest absolute Gasteiger partial charge is 0.342 e. The molecule has 2 aliphatic rings. The zero-order chi connectivity index (χ0) is 9.80. The van der Waals surface area contributed by atoms with E-state index in [1.807, 2.05) is 0 Å². The molecule has 0 unspecified atom stereocenters. The molecular weight excluding hydrogens is 176 g/mol. The Bertz CT molecular complexity index is 201. The van der Waals surface area contributed by atoms with Gasteiger partial charge in [-0.25, -0.2) is 0 Å². The summed E-state index contributed by atoms with van der Waals surface area (Å²) in [6.45, 7) is 4.19. The Morgan fingerprint density at radius 2 is 2.00 bits per heavy atom. The monoisotopic (exact) mass is 196 g/mol. The van der Waals surface area contributed by atoms with E-state index in [0.29, 0.717) is 5.91 Å². The van der Waals surface area contributed by atoms with Crippen molar-refractivity contribution in [2.45, 2.75) is 32.1 Å². The zero-order valence-electron chi connectivity index (χ0n) is 8.80. The number of rotatable bonds is 2. The van der Waals surface area contributed by atoms with Crippen LogP contribution in [0.15, 0.2) is 0 Å². The molecular formula is C11H20N2O. The molecule has 0 aromatic heterocycles. The average molecular weight is 196 g/mol. The molecule has 2 heterocycles. The minimum Gasteiger partial charge on any atom is -0.342 e. The average Bonchev–Trinajstić information content (AvgIpc) is 2.08. The van der Waals surface area contributed by atoms with Crippen molar-refractivity contribution in [2.75, 3.05) is 26.2 Å². The lowest BCUT2D eigenvalue weighted by molar-refractivity contribution is -0.132. The molecule has 0 aromatic rings. The Hall–Kier alpha value is -0.570. The molecule has 14 heavy (non-hydrogen) atoms. The minimum atomic E-state index is 0.386. The molecule has 0 aromatic carbocycles. The van der Waals surface area contributed by atoms with Crippen LogP contribution in [0.25, 0.3) is 0 Å². The fourth-order valence-electron chi connectivity index (χ4n) is 2.20. The lowest BCUT2D eigenvalue weighted by atomic mass is 10.0. The first-order valence-electron chi connectivity index (χ1n) is 5.85. The summed E-state index contributed by atoms with van der Waals surface area (Å²) in [6, 6.07) is 0. The van der Waals surface area contributed by atoms with Gasteiger partial charge in [0.15, 0.2) is 0 Å². The van der Waals surface area contributed by atoms with Crippen LogP contribution >= 0.6 is 0 Å². The van der Waals surface area contributed by atoms with Gasteiger partial charge >= 0.3 is 0 Å². The molecule has 0 spiro atoms. The Labute approximate surface area is 85.8 Å². The van der Waals surface area contributed by atoms with Crippen LogP contribution in [0.1, 0.15) is 32.1 Å². The molecule has 2 aliphatic heterocycles. The van der Waals surface area contributed by atoms with Crippen LogP contribution in [-0.4, -0.2) is 37.0 Å². The van der Waals surface area contributed by atoms with Crippen molar-refractivity contribution < 1.29 is 4.79 Å². The van der Waals surface area contributed by atoms with E-state index in [9.17, 15) is 4.79 Å². The molecule has 0 bridgehead atoms. The van der Waals surface area contributed by atoms with Gasteiger partial charge < -0.3 is 10.2 Å². The van der Waals surface area contributed by atoms with Gasteiger partial charge in [0.2, 0.25) is 5.91 Å². The third-order valence-corrected chi connectivity index (χ3v) is 3.27. The van der Waals surface area contributed by atoms with Crippen LogP contribution < -0.4 is 5.32 Å². The predicted molar refractivity (Wildman–Crippen MR) is 56.0 cm³/mol. The van der Waals surface area contributed by atoms with Crippen LogP contribution in [0, 0.1) is 5.92 Å². The lowest BCUT2D eigenvalue weighted by Gasteiger charge is -2.34. The van der Waals surface area contributed by atoms with Crippen molar-refractivity contribution in [3.8, 4) is 0 Å². The quantitative estimate of drug-likeness (QED) is 0.714. The van der Waals surface area contributed by atoms with Gasteiger partial charge in [-0.2, -0.15) is 0 Å². The Kier molecular flexibility index (Phi) is 3.40. The van der Waals surface area contributed by atoms with Gasteiger partial charge in [0, 0.05) is 38.5 Å². The van der Waals surface area contributed by atoms with Gasteiger partial charge in [0.1, 0.15) is 0 Å². The second-order valence-corrected chi connectivity index (χ2v) is 4.53. The molecule has 2 rings (SSSR count). The van der Waals surface area contributed by atoms with Crippen molar-refractivity contribution in [3.63, 3.8) is 0 Å². The number of hydrogen-bond donors (Lipinski definition) is 1. The van der Waals surface area contributed by atoms with Crippen molar-refractivity contribution in [1.82, 2.24) is 10.2 Å². The van der Waals surface area contributed by atoms with E-state index in [1.165, 1.54) is 19.3 Å². The number of carbonyl (C=O) groups is 1. The fourth-order valence-corrected chi connectivity index (χ4v) is 2.20. The third-order valence-electron chi connectivity index (χ3n) is 3.27. The van der Waals surface area contributed by atoms with Gasteiger partial charge in [-0.05, 0) is 12.8 Å². The van der Waals surface area contributed by atoms with E-state index >= 15 is 0 Å². The first-order chi connectivity index (χ1) is 6.86. The number of likely N-dealkylation sites (tertiary alicyclic amines) is 1. The number of nitrogens with zero attached hydrogens (tertiary/aromatic N) is 1. The molecule has 1 N–H and O–H groups in total. The molecule has 3 nitrogen and oxygen atoms in total. The van der Waals surface area contributed by atoms with Crippen molar-refractivity contribution in [2.24, 2.45) is 5.92 Å². The Balaban J connectivity index is 1.81. The highest BCUT2D eigenvalue weighted by Crippen LogP contribution is 2.14. The van der Waals surface area contributed by atoms with Gasteiger partial charge in [0.05, 0.1) is 0 Å². The summed E-state index contributed by atoms with van der Waals surface area (Å²) in [6.07, 6.45) is 5.61. The Morgan fingerprint density at radius 1 is 1.21 bits per heavy atom. The molecule has 1 amide bonds. The van der Waals surface area contributed by atoms with Gasteiger partial charge in [0.25, 0.3) is 0 Å². The summed E-state index contributed by atoms with van der Waals surface area (Å²) in [4.78, 5) is 13.8. The maximum absolute atomic E-state index is 11.7. The van der Waals surface area contributed by atoms with Crippen LogP contribution in [0.3, 0.4) is 0 Å². The number of amides is 1. The maximum Gasteiger partial charge on any atom is 0.222 e. The second kappa shape index (κ2) is 4.78. The summed E-state index contributed by atoms with van der Waals surface area (Å²) >= 11 is 0. The van der Waals surface area contributed by atoms with E-state index in [4.69, 9.17) is 0 Å². The van der Waals surface area contributed by atoms with Crippen LogP contribution in [0.4, 0.5) is 0 Å². The normalized spacial score (nSPS) is 25.4. The molecule has 0 atom stereocenters. The SMILES string of the molecule is O=C1CCCCCCN1CC1CNC1. The van der Waals surface area contributed by atoms with Crippen LogP contribution in [-0.2, 0) is 4.79 Å². The smallest absolute Gasteiger partial charge is 0.222 e. The van der Waals surface area contributed by atoms with E-state index < -0.39 is 0 Å². The Morgan fingerprint density at radius 3 is 2.71 bits per heavy atom. The standard InChI is InChI=1S/C11H20N2O/c14-11-5-3-1-2-4-6-13(11)9-10-7-12-8-10/h10,12H,1-9H2. The molecule has 2 saturated heterocycles. The molecule has 80 valence electrons. The fraction of sp³-hybridized carbons (Fsp3) is 0.909. The topological polar surface area (TPSA) is 32.3 Å². The lowest BCUT2D eigenvalue weighted by Crippen LogP contribution is -2.49. The third kappa shape index (κ3) is 2.47. The van der Waals surface area contributed by atoms with E-state index in [1.54, 1.807) is 0 Å². The number of carbonyl (C=O) groups excluding carboxylic acids is 1. The second-order valence-electron chi connectivity index (χ2n) is 4.53. The molecule has 0 radical (unpaired) electrons. The van der Waals surface area contributed by atoms with Gasteiger partial charge in [-0.15, -0.1) is 0 Å². The highest BCUT2D eigenvalue weighted by atomic mass is 16.2. The highest BCUT2D eigenvalue weighted by Gasteiger charge is 2.23. The minimum absolute atomic E-state index is 0.386. The summed E-state index contributed by atoms with van der Waals surface area (Å²) in [5, 5.41) is 3.26. The van der Waals surface area contributed by atoms with Crippen LogP contribution in [0.5, 0.6) is 0 Å². The number of hydrogen-bond acceptors (Lipinski definition) is 2. The molecule has 0 aliphatic carbocycles. The number of nitrogens with one attached hydrogen (secondary N) is 1. The van der Waals surface area contributed by atoms with Gasteiger partial charge in [-0.3, -0.25) is 4.79 Å². The predicted octanol–water partition coefficient (Wildman–Crippen LogP) is 0.998. The van der Waals surface area contributed by atoms with Crippen molar-refractivity contribution in [1.29, 1.82) is 0 Å². The van der Waals surface area contributed by atoms with Crippen molar-refractivity contribution in [3.05, 3.63) is 0 Å². The summed E-state index contributed by atoms with van der Waals surface area (Å²) in [5.41, 5.74) is 0. The van der Waals surface area contributed by atoms with Crippen molar-refractivity contribution >= 4 is 5.91 Å². The summed E-state index contributed by atoms with van der Waals surface area (Å²) < 4.78 is 0. The first kappa shape index (κ1) is 9.97. The molecule has 0 saturated carbocycles. The maximum atomic E-state index is 11.7. The first-order valence-corrected chi connectivity index (χ1v) is 5.85. The zero-order valence-corrected chi connectivity index (χ0v) is 8.80.